The molecule has 0 aromatic carbocycles. The lowest BCUT2D eigenvalue weighted by molar-refractivity contribution is -0.193. The van der Waals surface area contributed by atoms with Crippen LogP contribution in [0.2, 0.25) is 0 Å². The Balaban J connectivity index is 1.65. The fraction of sp³-hybridized carbons (Fsp3) is 0.815. The molecule has 1 N–H and O–H groups in total. The lowest BCUT2D eigenvalue weighted by Gasteiger charge is -2.61. The number of aliphatic hydroxyl groups excluding tert-OH is 1. The molecule has 0 amide bonds. The first-order valence-electron chi connectivity index (χ1n) is 12.9. The maximum Gasteiger partial charge on any atom is 0.306 e. The van der Waals surface area contributed by atoms with E-state index in [-0.39, 0.29) is 47.3 Å². The zero-order valence-electron chi connectivity index (χ0n) is 21.1. The molecule has 4 aliphatic carbocycles. The maximum absolute atomic E-state index is 13.7. The first-order chi connectivity index (χ1) is 16.1. The third-order valence-electron chi connectivity index (χ3n) is 9.71. The summed E-state index contributed by atoms with van der Waals surface area (Å²) in [4.78, 5) is 37.8. The summed E-state index contributed by atoms with van der Waals surface area (Å²) in [5, 5.41) is 11.6. The lowest BCUT2D eigenvalue weighted by Crippen LogP contribution is -2.63. The summed E-state index contributed by atoms with van der Waals surface area (Å²) < 4.78 is 11.7. The predicted octanol–water partition coefficient (Wildman–Crippen LogP) is 4.48. The minimum absolute atomic E-state index is 0.0903. The molecule has 7 heteroatoms. The number of fused-ring (bicyclic) bond motifs is 5. The molecule has 3 saturated carbocycles. The number of ketones is 2. The van der Waals surface area contributed by atoms with E-state index < -0.39 is 17.1 Å². The van der Waals surface area contributed by atoms with Gasteiger partial charge in [0, 0.05) is 18.3 Å². The first kappa shape index (κ1) is 25.9. The van der Waals surface area contributed by atoms with Gasteiger partial charge in [0.15, 0.2) is 12.4 Å². The second-order valence-electron chi connectivity index (χ2n) is 11.3. The van der Waals surface area contributed by atoms with E-state index in [9.17, 15) is 19.5 Å². The van der Waals surface area contributed by atoms with Crippen molar-refractivity contribution in [3.8, 4) is 0 Å². The van der Waals surface area contributed by atoms with Crippen LogP contribution in [0.1, 0.15) is 78.6 Å². The fourth-order valence-corrected chi connectivity index (χ4v) is 8.47. The highest BCUT2D eigenvalue weighted by molar-refractivity contribution is 7.98. The number of Topliss-reactive ketones (excluding diaryl/α,β-unsaturated/α-hetero) is 1. The van der Waals surface area contributed by atoms with Crippen LogP contribution in [0.5, 0.6) is 0 Å². The van der Waals surface area contributed by atoms with E-state index in [1.807, 2.05) is 19.3 Å². The van der Waals surface area contributed by atoms with Crippen molar-refractivity contribution in [1.82, 2.24) is 0 Å². The van der Waals surface area contributed by atoms with Gasteiger partial charge in [0.1, 0.15) is 5.60 Å². The van der Waals surface area contributed by atoms with E-state index in [1.54, 1.807) is 0 Å². The zero-order chi connectivity index (χ0) is 24.7. The quantitative estimate of drug-likeness (QED) is 0.395. The van der Waals surface area contributed by atoms with Gasteiger partial charge >= 0.3 is 5.97 Å². The standard InChI is InChI=1S/C27H40O6S/c1-5-6-23(31)32-15-22(30)27(33-16-34-4)12-10-20-19-8-7-17-13-18(28)9-11-25(17,2)24(19)21(29)14-26(20,27)3/h13,19-21,24,29H,5-12,14-16H2,1-4H3/t19-,20-,21?,24+,25-,26-,27-/m0/s1. The molecule has 0 heterocycles. The van der Waals surface area contributed by atoms with E-state index in [1.165, 1.54) is 17.3 Å². The fourth-order valence-electron chi connectivity index (χ4n) is 8.15. The molecule has 3 fully saturated rings. The summed E-state index contributed by atoms with van der Waals surface area (Å²) in [5.74, 6) is 0.669. The maximum atomic E-state index is 13.7. The van der Waals surface area contributed by atoms with Gasteiger partial charge in [-0.05, 0) is 80.4 Å². The van der Waals surface area contributed by atoms with Crippen LogP contribution in [-0.4, -0.2) is 53.1 Å². The molecule has 0 saturated heterocycles. The molecule has 4 aliphatic rings. The van der Waals surface area contributed by atoms with Crippen LogP contribution in [0.25, 0.3) is 0 Å². The van der Waals surface area contributed by atoms with Crippen LogP contribution >= 0.6 is 11.8 Å². The van der Waals surface area contributed by atoms with Crippen molar-refractivity contribution in [2.24, 2.45) is 28.6 Å². The average molecular weight is 493 g/mol. The monoisotopic (exact) mass is 492 g/mol. The number of carbonyl (C=O) groups excluding carboxylic acids is 3. The van der Waals surface area contributed by atoms with Gasteiger partial charge in [-0.25, -0.2) is 0 Å². The van der Waals surface area contributed by atoms with Crippen LogP contribution in [0.4, 0.5) is 0 Å². The van der Waals surface area contributed by atoms with Gasteiger partial charge in [0.2, 0.25) is 5.78 Å². The number of aliphatic hydroxyl groups is 1. The first-order valence-corrected chi connectivity index (χ1v) is 14.3. The van der Waals surface area contributed by atoms with E-state index in [0.29, 0.717) is 38.0 Å². The van der Waals surface area contributed by atoms with Gasteiger partial charge in [-0.2, -0.15) is 0 Å². The molecular weight excluding hydrogens is 452 g/mol. The van der Waals surface area contributed by atoms with Crippen molar-refractivity contribution in [1.29, 1.82) is 0 Å². The molecule has 0 bridgehead atoms. The van der Waals surface area contributed by atoms with Gasteiger partial charge in [-0.1, -0.05) is 26.3 Å². The number of carbonyl (C=O) groups is 3. The highest BCUT2D eigenvalue weighted by Gasteiger charge is 2.69. The summed E-state index contributed by atoms with van der Waals surface area (Å²) in [6.45, 7) is 5.99. The zero-order valence-corrected chi connectivity index (χ0v) is 21.9. The Labute approximate surface area is 207 Å². The number of allylic oxidation sites excluding steroid dienone is 1. The predicted molar refractivity (Wildman–Crippen MR) is 131 cm³/mol. The van der Waals surface area contributed by atoms with Gasteiger partial charge in [0.05, 0.1) is 12.0 Å². The van der Waals surface area contributed by atoms with Crippen molar-refractivity contribution in [2.45, 2.75) is 90.3 Å². The second kappa shape index (κ2) is 9.70. The average Bonchev–Trinajstić information content (AvgIpc) is 3.09. The molecule has 7 atom stereocenters. The van der Waals surface area contributed by atoms with E-state index in [4.69, 9.17) is 9.47 Å². The largest absolute Gasteiger partial charge is 0.458 e. The molecule has 0 radical (unpaired) electrons. The van der Waals surface area contributed by atoms with Crippen molar-refractivity contribution in [2.75, 3.05) is 18.8 Å². The highest BCUT2D eigenvalue weighted by atomic mass is 32.2. The molecule has 190 valence electrons. The Hall–Kier alpha value is -1.18. The molecule has 4 rings (SSSR count). The van der Waals surface area contributed by atoms with Gasteiger partial charge in [-0.15, -0.1) is 11.8 Å². The third kappa shape index (κ3) is 4.00. The summed E-state index contributed by atoms with van der Waals surface area (Å²) in [5.41, 5.74) is -0.546. The van der Waals surface area contributed by atoms with Crippen LogP contribution in [-0.2, 0) is 23.9 Å². The Morgan fingerprint density at radius 2 is 1.97 bits per heavy atom. The van der Waals surface area contributed by atoms with Crippen LogP contribution in [0.3, 0.4) is 0 Å². The van der Waals surface area contributed by atoms with Crippen LogP contribution in [0, 0.1) is 28.6 Å². The minimum Gasteiger partial charge on any atom is -0.458 e. The van der Waals surface area contributed by atoms with Crippen molar-refractivity contribution < 1.29 is 29.0 Å². The van der Waals surface area contributed by atoms with Crippen molar-refractivity contribution in [3.05, 3.63) is 11.6 Å². The van der Waals surface area contributed by atoms with Gasteiger partial charge < -0.3 is 14.6 Å². The Kier molecular flexibility index (Phi) is 7.39. The second-order valence-corrected chi connectivity index (χ2v) is 12.1. The van der Waals surface area contributed by atoms with Crippen molar-refractivity contribution in [3.63, 3.8) is 0 Å². The van der Waals surface area contributed by atoms with E-state index in [2.05, 4.69) is 13.8 Å². The lowest BCUT2D eigenvalue weighted by atomic mass is 9.45. The smallest absolute Gasteiger partial charge is 0.306 e. The number of esters is 1. The normalized spacial score (nSPS) is 41.2. The van der Waals surface area contributed by atoms with Gasteiger partial charge in [-0.3, -0.25) is 14.4 Å². The summed E-state index contributed by atoms with van der Waals surface area (Å²) in [7, 11) is 0. The number of hydrogen-bond acceptors (Lipinski definition) is 7. The molecule has 34 heavy (non-hydrogen) atoms. The number of ether oxygens (including phenoxy) is 2. The van der Waals surface area contributed by atoms with Crippen molar-refractivity contribution >= 4 is 29.3 Å². The van der Waals surface area contributed by atoms with Gasteiger partial charge in [0.25, 0.3) is 0 Å². The number of rotatable bonds is 8. The van der Waals surface area contributed by atoms with E-state index in [0.717, 1.165) is 25.7 Å². The molecular formula is C27H40O6S. The number of hydrogen-bond donors (Lipinski definition) is 1. The number of thioether (sulfide) groups is 1. The summed E-state index contributed by atoms with van der Waals surface area (Å²) in [6, 6.07) is 0. The molecule has 1 unspecified atom stereocenters. The third-order valence-corrected chi connectivity index (χ3v) is 10.1. The highest BCUT2D eigenvalue weighted by Crippen LogP contribution is 2.68. The Morgan fingerprint density at radius 3 is 2.68 bits per heavy atom. The Bertz CT molecular complexity index is 869. The molecule has 6 nitrogen and oxygen atoms in total. The Morgan fingerprint density at radius 1 is 1.21 bits per heavy atom. The SMILES string of the molecule is CCCC(=O)OCC(=O)[C@@]1(OCSC)CC[C@H]2[C@@H]3CCC4=CC(=O)CC[C@]4(C)[C@H]3C(O)C[C@@]21C. The van der Waals surface area contributed by atoms with E-state index >= 15 is 0 Å². The van der Waals surface area contributed by atoms with Crippen LogP contribution < -0.4 is 0 Å². The summed E-state index contributed by atoms with van der Waals surface area (Å²) >= 11 is 1.53. The summed E-state index contributed by atoms with van der Waals surface area (Å²) in [6.07, 6.45) is 9.27. The molecule has 0 aromatic heterocycles. The van der Waals surface area contributed by atoms with Crippen LogP contribution in [0.15, 0.2) is 11.6 Å². The topological polar surface area (TPSA) is 89.9 Å². The molecule has 0 aromatic rings. The molecule has 0 spiro atoms. The molecule has 0 aliphatic heterocycles. The minimum atomic E-state index is -1.06.